The molecule has 7 rings (SSSR count). The topological polar surface area (TPSA) is 104 Å². The maximum atomic E-state index is 12.0. The number of fused-ring (bicyclic) bond motifs is 4. The molecule has 47 heavy (non-hydrogen) atoms. The summed E-state index contributed by atoms with van der Waals surface area (Å²) < 4.78 is 31.4. The number of aliphatic hydroxyl groups is 1. The lowest BCUT2D eigenvalue weighted by Crippen LogP contribution is -2.55. The molecule has 5 saturated carbocycles. The molecule has 7 aliphatic rings. The highest BCUT2D eigenvalue weighted by Crippen LogP contribution is 2.87. The monoisotopic (exact) mass is 659 g/mol. The van der Waals surface area contributed by atoms with E-state index in [4.69, 9.17) is 23.7 Å². The molecule has 2 spiro atoms. The number of carbonyl (C=O) groups is 2. The summed E-state index contributed by atoms with van der Waals surface area (Å²) >= 11 is 0. The second kappa shape index (κ2) is 11.9. The Labute approximate surface area is 282 Å². The van der Waals surface area contributed by atoms with E-state index in [1.807, 2.05) is 6.92 Å². The Morgan fingerprint density at radius 2 is 1.79 bits per heavy atom. The van der Waals surface area contributed by atoms with E-state index in [1.165, 1.54) is 45.4 Å². The molecule has 7 fully saturated rings. The molecule has 0 aromatic rings. The van der Waals surface area contributed by atoms with E-state index < -0.39 is 18.0 Å². The van der Waals surface area contributed by atoms with E-state index in [-0.39, 0.29) is 41.2 Å². The maximum Gasteiger partial charge on any atom is 0.303 e. The van der Waals surface area contributed by atoms with Gasteiger partial charge in [0, 0.05) is 20.1 Å². The van der Waals surface area contributed by atoms with Crippen LogP contribution in [-0.2, 0) is 33.3 Å². The van der Waals surface area contributed by atoms with Gasteiger partial charge in [-0.15, -0.1) is 0 Å². The molecule has 0 aromatic heterocycles. The minimum absolute atomic E-state index is 0.0251. The molecule has 2 saturated heterocycles. The standard InChI is InChI=1S/C38H61NO8/c1-8-43-24-18-39(22-40)19-32(44-20-24)47-31-13-14-38-21-37(38)16-15-36(7)26-9-11-28(33(35(5,6)42)45-23(2)41)46-29(26)17-27(36)25(37)10-12-30(38)34(31,3)4/h22,24-33,42H,8-21H2,1-7H3/t24-,25?,26?,27?,28?,29?,30?,31+,32?,33+,36?,37+,38?/m1/s1. The third-order valence-corrected chi connectivity index (χ3v) is 15.0. The van der Waals surface area contributed by atoms with Gasteiger partial charge in [-0.05, 0) is 130 Å². The third kappa shape index (κ3) is 5.42. The first kappa shape index (κ1) is 34.2. The largest absolute Gasteiger partial charge is 0.457 e. The molecule has 5 aliphatic carbocycles. The minimum atomic E-state index is -1.15. The Hall–Kier alpha value is -1.26. The Morgan fingerprint density at radius 3 is 2.49 bits per heavy atom. The first-order valence-corrected chi connectivity index (χ1v) is 18.8. The maximum absolute atomic E-state index is 12.0. The number of nitrogens with zero attached hydrogens (tertiary/aromatic N) is 1. The van der Waals surface area contributed by atoms with Crippen LogP contribution in [0.25, 0.3) is 0 Å². The summed E-state index contributed by atoms with van der Waals surface area (Å²) in [5.41, 5.74) is -0.0148. The molecule has 9 nitrogen and oxygen atoms in total. The fraction of sp³-hybridized carbons (Fsp3) is 0.947. The van der Waals surface area contributed by atoms with Crippen molar-refractivity contribution in [2.45, 2.75) is 155 Å². The average molecular weight is 660 g/mol. The van der Waals surface area contributed by atoms with Gasteiger partial charge in [0.15, 0.2) is 12.4 Å². The molecular formula is C38H61NO8. The molecule has 0 radical (unpaired) electrons. The van der Waals surface area contributed by atoms with E-state index in [2.05, 4.69) is 20.8 Å². The van der Waals surface area contributed by atoms with Crippen LogP contribution in [0.4, 0.5) is 0 Å². The van der Waals surface area contributed by atoms with Crippen LogP contribution >= 0.6 is 0 Å². The van der Waals surface area contributed by atoms with E-state index >= 15 is 0 Å². The SMILES string of the molecule is CCO[C@H]1COC(O[C@H]2CCC34C[C@]35CCC3(C)C6CCC([C@H](OC(C)=O)C(C)(C)O)OC6CC3C5CCC4C2(C)C)CN(C=O)C1. The zero-order valence-corrected chi connectivity index (χ0v) is 30.0. The van der Waals surface area contributed by atoms with Crippen molar-refractivity contribution in [2.24, 2.45) is 45.3 Å². The third-order valence-electron chi connectivity index (χ3n) is 15.0. The number of hydrogen-bond acceptors (Lipinski definition) is 8. The summed E-state index contributed by atoms with van der Waals surface area (Å²) in [5.74, 6) is 2.18. The lowest BCUT2D eigenvalue weighted by atomic mass is 9.46. The normalized spacial score (nSPS) is 47.7. The molecule has 1 amide bonds. The van der Waals surface area contributed by atoms with Gasteiger partial charge in [0.1, 0.15) is 0 Å². The fourth-order valence-corrected chi connectivity index (χ4v) is 13.1. The Morgan fingerprint density at radius 1 is 1.02 bits per heavy atom. The second-order valence-electron chi connectivity index (χ2n) is 18.0. The van der Waals surface area contributed by atoms with Gasteiger partial charge >= 0.3 is 5.97 Å². The predicted octanol–water partition coefficient (Wildman–Crippen LogP) is 5.50. The lowest BCUT2D eigenvalue weighted by molar-refractivity contribution is -0.230. The second-order valence-corrected chi connectivity index (χ2v) is 18.0. The summed E-state index contributed by atoms with van der Waals surface area (Å²) in [6.45, 7) is 16.3. The van der Waals surface area contributed by atoms with Crippen molar-refractivity contribution < 1.29 is 38.4 Å². The van der Waals surface area contributed by atoms with Crippen molar-refractivity contribution >= 4 is 12.4 Å². The lowest BCUT2D eigenvalue weighted by Gasteiger charge is -2.59. The first-order chi connectivity index (χ1) is 22.2. The fourth-order valence-electron chi connectivity index (χ4n) is 13.1. The van der Waals surface area contributed by atoms with Crippen molar-refractivity contribution in [3.63, 3.8) is 0 Å². The Bertz CT molecular complexity index is 1200. The van der Waals surface area contributed by atoms with Crippen LogP contribution in [0.5, 0.6) is 0 Å². The molecule has 0 bridgehead atoms. The van der Waals surface area contributed by atoms with Crippen LogP contribution in [0.2, 0.25) is 0 Å². The zero-order chi connectivity index (χ0) is 33.6. The van der Waals surface area contributed by atoms with Crippen molar-refractivity contribution in [3.8, 4) is 0 Å². The predicted molar refractivity (Wildman–Crippen MR) is 175 cm³/mol. The quantitative estimate of drug-likeness (QED) is 0.269. The van der Waals surface area contributed by atoms with Crippen LogP contribution in [0.15, 0.2) is 0 Å². The first-order valence-electron chi connectivity index (χ1n) is 18.8. The minimum Gasteiger partial charge on any atom is -0.457 e. The van der Waals surface area contributed by atoms with Gasteiger partial charge in [-0.25, -0.2) is 0 Å². The number of ether oxygens (including phenoxy) is 5. The summed E-state index contributed by atoms with van der Waals surface area (Å²) in [4.78, 5) is 25.5. The van der Waals surface area contributed by atoms with Crippen LogP contribution in [0.1, 0.15) is 113 Å². The smallest absolute Gasteiger partial charge is 0.303 e. The van der Waals surface area contributed by atoms with Crippen LogP contribution in [-0.4, -0.2) is 91.1 Å². The number of hydrogen-bond donors (Lipinski definition) is 1. The Kier molecular flexibility index (Phi) is 8.67. The van der Waals surface area contributed by atoms with Crippen LogP contribution < -0.4 is 0 Å². The van der Waals surface area contributed by atoms with Crippen molar-refractivity contribution in [1.29, 1.82) is 0 Å². The van der Waals surface area contributed by atoms with E-state index in [1.54, 1.807) is 18.7 Å². The van der Waals surface area contributed by atoms with Gasteiger partial charge in [-0.1, -0.05) is 20.8 Å². The van der Waals surface area contributed by atoms with Crippen molar-refractivity contribution in [3.05, 3.63) is 0 Å². The van der Waals surface area contributed by atoms with Crippen molar-refractivity contribution in [2.75, 3.05) is 26.3 Å². The van der Waals surface area contributed by atoms with Gasteiger partial charge < -0.3 is 33.7 Å². The Balaban J connectivity index is 1.05. The van der Waals surface area contributed by atoms with E-state index in [0.29, 0.717) is 54.9 Å². The average Bonchev–Trinajstić information content (AvgIpc) is 3.64. The molecule has 9 heteroatoms. The highest BCUT2D eigenvalue weighted by Gasteiger charge is 2.80. The zero-order valence-electron chi connectivity index (χ0n) is 30.0. The van der Waals surface area contributed by atoms with E-state index in [0.717, 1.165) is 38.0 Å². The number of carbonyl (C=O) groups excluding carboxylic acids is 2. The summed E-state index contributed by atoms with van der Waals surface area (Å²) in [6, 6.07) is 0. The highest BCUT2D eigenvalue weighted by atomic mass is 16.7. The molecule has 9 unspecified atom stereocenters. The molecular weight excluding hydrogens is 598 g/mol. The van der Waals surface area contributed by atoms with Crippen LogP contribution in [0.3, 0.4) is 0 Å². The molecule has 2 heterocycles. The van der Waals surface area contributed by atoms with Gasteiger partial charge in [-0.3, -0.25) is 9.59 Å². The van der Waals surface area contributed by atoms with Gasteiger partial charge in [0.25, 0.3) is 0 Å². The number of rotatable bonds is 8. The highest BCUT2D eigenvalue weighted by molar-refractivity contribution is 5.66. The summed E-state index contributed by atoms with van der Waals surface area (Å²) in [6.07, 6.45) is 11.4. The number of amides is 1. The van der Waals surface area contributed by atoms with Gasteiger partial charge in [0.05, 0.1) is 43.2 Å². The molecule has 1 N–H and O–H groups in total. The van der Waals surface area contributed by atoms with Gasteiger partial charge in [0.2, 0.25) is 6.41 Å². The molecule has 266 valence electrons. The molecule has 13 atom stereocenters. The van der Waals surface area contributed by atoms with Gasteiger partial charge in [-0.2, -0.15) is 0 Å². The molecule has 0 aromatic carbocycles. The summed E-state index contributed by atoms with van der Waals surface area (Å²) in [5, 5.41) is 10.9. The molecule has 2 aliphatic heterocycles. The summed E-state index contributed by atoms with van der Waals surface area (Å²) in [7, 11) is 0. The van der Waals surface area contributed by atoms with E-state index in [9.17, 15) is 14.7 Å². The van der Waals surface area contributed by atoms with Crippen molar-refractivity contribution in [1.82, 2.24) is 4.90 Å². The van der Waals surface area contributed by atoms with Crippen LogP contribution in [0, 0.1) is 45.3 Å². The number of esters is 1.